The van der Waals surface area contributed by atoms with E-state index in [2.05, 4.69) is 10.6 Å². The van der Waals surface area contributed by atoms with Gasteiger partial charge in [0.1, 0.15) is 24.2 Å². The molecule has 6 heteroatoms. The predicted molar refractivity (Wildman–Crippen MR) is 97.2 cm³/mol. The summed E-state index contributed by atoms with van der Waals surface area (Å²) >= 11 is 0. The van der Waals surface area contributed by atoms with Crippen LogP contribution in [0.2, 0.25) is 0 Å². The number of aliphatic hydroxyl groups is 1. The monoisotopic (exact) mass is 344 g/mol. The van der Waals surface area contributed by atoms with E-state index in [0.29, 0.717) is 29.8 Å². The molecule has 0 radical (unpaired) electrons. The Bertz CT molecular complexity index is 644. The summed E-state index contributed by atoms with van der Waals surface area (Å²) in [7, 11) is 0. The molecule has 0 saturated heterocycles. The number of carbonyl (C=O) groups is 1. The number of aliphatic hydroxyl groups excluding tert-OH is 1. The van der Waals surface area contributed by atoms with E-state index in [-0.39, 0.29) is 6.61 Å². The molecule has 2 rings (SSSR count). The maximum Gasteiger partial charge on any atom is 0.417 e. The fourth-order valence-corrected chi connectivity index (χ4v) is 2.00. The molecule has 134 valence electrons. The van der Waals surface area contributed by atoms with Crippen molar-refractivity contribution in [2.75, 3.05) is 18.5 Å². The number of amides is 1. The van der Waals surface area contributed by atoms with Crippen LogP contribution in [0.4, 0.5) is 10.5 Å². The van der Waals surface area contributed by atoms with Crippen LogP contribution in [0.25, 0.3) is 0 Å². The van der Waals surface area contributed by atoms with Gasteiger partial charge in [0, 0.05) is 18.3 Å². The zero-order valence-corrected chi connectivity index (χ0v) is 14.4. The first-order valence-corrected chi connectivity index (χ1v) is 8.21. The molecule has 25 heavy (non-hydrogen) atoms. The van der Waals surface area contributed by atoms with Gasteiger partial charge in [0.25, 0.3) is 0 Å². The Labute approximate surface area is 147 Å². The Kier molecular flexibility index (Phi) is 7.25. The Balaban J connectivity index is 1.76. The molecule has 1 atom stereocenters. The Morgan fingerprint density at radius 2 is 1.72 bits per heavy atom. The molecule has 3 N–H and O–H groups in total. The number of ether oxygens (including phenoxy) is 2. The van der Waals surface area contributed by atoms with Gasteiger partial charge in [0.05, 0.1) is 0 Å². The summed E-state index contributed by atoms with van der Waals surface area (Å²) in [4.78, 5) is 11.8. The van der Waals surface area contributed by atoms with Crippen molar-refractivity contribution in [1.29, 1.82) is 0 Å². The van der Waals surface area contributed by atoms with E-state index in [1.807, 2.05) is 19.9 Å². The van der Waals surface area contributed by atoms with Crippen LogP contribution in [0, 0.1) is 0 Å². The third-order valence-electron chi connectivity index (χ3n) is 3.26. The Morgan fingerprint density at radius 3 is 2.36 bits per heavy atom. The molecule has 0 fully saturated rings. The molecule has 0 saturated carbocycles. The summed E-state index contributed by atoms with van der Waals surface area (Å²) in [6.45, 7) is 4.70. The van der Waals surface area contributed by atoms with Crippen molar-refractivity contribution in [2.24, 2.45) is 0 Å². The normalized spacial score (nSPS) is 11.8. The first-order valence-electron chi connectivity index (χ1n) is 8.21. The van der Waals surface area contributed by atoms with Crippen LogP contribution in [-0.4, -0.2) is 36.5 Å². The molecule has 0 aliphatic carbocycles. The number of benzene rings is 2. The SMILES string of the molecule is CC(C)NCC(O)COc1ccc(NC(=O)Oc2ccccc2)cc1. The van der Waals surface area contributed by atoms with Crippen molar-refractivity contribution >= 4 is 11.8 Å². The van der Waals surface area contributed by atoms with Crippen molar-refractivity contribution < 1.29 is 19.4 Å². The fourth-order valence-electron chi connectivity index (χ4n) is 2.00. The molecule has 2 aromatic carbocycles. The number of para-hydroxylation sites is 1. The van der Waals surface area contributed by atoms with E-state index in [4.69, 9.17) is 9.47 Å². The van der Waals surface area contributed by atoms with Gasteiger partial charge in [-0.25, -0.2) is 4.79 Å². The molecule has 1 unspecified atom stereocenters. The molecule has 1 amide bonds. The van der Waals surface area contributed by atoms with Gasteiger partial charge in [-0.05, 0) is 36.4 Å². The standard InChI is InChI=1S/C19H24N2O4/c1-14(2)20-12-16(22)13-24-17-10-8-15(9-11-17)21-19(23)25-18-6-4-3-5-7-18/h3-11,14,16,20,22H,12-13H2,1-2H3,(H,21,23). The molecule has 0 aromatic heterocycles. The number of nitrogens with one attached hydrogen (secondary N) is 2. The van der Waals surface area contributed by atoms with E-state index < -0.39 is 12.2 Å². The molecule has 2 aromatic rings. The lowest BCUT2D eigenvalue weighted by molar-refractivity contribution is 0.104. The molecule has 6 nitrogen and oxygen atoms in total. The number of rotatable bonds is 8. The van der Waals surface area contributed by atoms with Gasteiger partial charge in [-0.2, -0.15) is 0 Å². The molecule has 0 aliphatic rings. The highest BCUT2D eigenvalue weighted by Gasteiger charge is 2.07. The summed E-state index contributed by atoms with van der Waals surface area (Å²) in [6.07, 6.45) is -1.14. The van der Waals surface area contributed by atoms with Crippen LogP contribution in [-0.2, 0) is 0 Å². The number of hydrogen-bond donors (Lipinski definition) is 3. The molecule has 0 bridgehead atoms. The van der Waals surface area contributed by atoms with Crippen LogP contribution >= 0.6 is 0 Å². The van der Waals surface area contributed by atoms with Gasteiger partial charge < -0.3 is 19.9 Å². The third kappa shape index (κ3) is 7.24. The van der Waals surface area contributed by atoms with Gasteiger partial charge in [0.15, 0.2) is 0 Å². The minimum Gasteiger partial charge on any atom is -0.491 e. The van der Waals surface area contributed by atoms with E-state index in [0.717, 1.165) is 0 Å². The van der Waals surface area contributed by atoms with Crippen LogP contribution in [0.5, 0.6) is 11.5 Å². The second-order valence-electron chi connectivity index (χ2n) is 5.88. The topological polar surface area (TPSA) is 79.8 Å². The minimum atomic E-state index is -0.582. The summed E-state index contributed by atoms with van der Waals surface area (Å²) in [5.41, 5.74) is 0.593. The highest BCUT2D eigenvalue weighted by molar-refractivity contribution is 5.86. The maximum atomic E-state index is 11.8. The lowest BCUT2D eigenvalue weighted by Crippen LogP contribution is -2.35. The number of carbonyl (C=O) groups excluding carboxylic acids is 1. The highest BCUT2D eigenvalue weighted by Crippen LogP contribution is 2.17. The molecule has 0 aliphatic heterocycles. The van der Waals surface area contributed by atoms with Gasteiger partial charge in [-0.3, -0.25) is 5.32 Å². The average molecular weight is 344 g/mol. The zero-order chi connectivity index (χ0) is 18.1. The van der Waals surface area contributed by atoms with Crippen molar-refractivity contribution in [2.45, 2.75) is 26.0 Å². The molecular weight excluding hydrogens is 320 g/mol. The predicted octanol–water partition coefficient (Wildman–Crippen LogP) is 3.04. The van der Waals surface area contributed by atoms with Crippen molar-refractivity contribution in [1.82, 2.24) is 5.32 Å². The lowest BCUT2D eigenvalue weighted by Gasteiger charge is -2.15. The Hall–Kier alpha value is -2.57. The van der Waals surface area contributed by atoms with Gasteiger partial charge in [-0.15, -0.1) is 0 Å². The average Bonchev–Trinajstić information content (AvgIpc) is 2.60. The smallest absolute Gasteiger partial charge is 0.417 e. The van der Waals surface area contributed by atoms with Crippen molar-refractivity contribution in [3.63, 3.8) is 0 Å². The maximum absolute atomic E-state index is 11.8. The van der Waals surface area contributed by atoms with E-state index in [1.165, 1.54) is 0 Å². The summed E-state index contributed by atoms with van der Waals surface area (Å²) in [6, 6.07) is 16.0. The van der Waals surface area contributed by atoms with Crippen LogP contribution in [0.15, 0.2) is 54.6 Å². The molecule has 0 spiro atoms. The van der Waals surface area contributed by atoms with Crippen LogP contribution in [0.1, 0.15) is 13.8 Å². The zero-order valence-electron chi connectivity index (χ0n) is 14.4. The first kappa shape index (κ1) is 18.8. The van der Waals surface area contributed by atoms with Gasteiger partial charge >= 0.3 is 6.09 Å². The summed E-state index contributed by atoms with van der Waals surface area (Å²) < 4.78 is 10.7. The van der Waals surface area contributed by atoms with Gasteiger partial charge in [0.2, 0.25) is 0 Å². The quantitative estimate of drug-likeness (QED) is 0.686. The van der Waals surface area contributed by atoms with Crippen molar-refractivity contribution in [3.05, 3.63) is 54.6 Å². The van der Waals surface area contributed by atoms with Crippen LogP contribution in [0.3, 0.4) is 0 Å². The Morgan fingerprint density at radius 1 is 1.04 bits per heavy atom. The molecular formula is C19H24N2O4. The number of anilines is 1. The third-order valence-corrected chi connectivity index (χ3v) is 3.26. The number of hydrogen-bond acceptors (Lipinski definition) is 5. The van der Waals surface area contributed by atoms with Gasteiger partial charge in [-0.1, -0.05) is 32.0 Å². The van der Waals surface area contributed by atoms with E-state index in [1.54, 1.807) is 48.5 Å². The second-order valence-corrected chi connectivity index (χ2v) is 5.88. The van der Waals surface area contributed by atoms with E-state index >= 15 is 0 Å². The highest BCUT2D eigenvalue weighted by atomic mass is 16.6. The van der Waals surface area contributed by atoms with Crippen LogP contribution < -0.4 is 20.1 Å². The second kappa shape index (κ2) is 9.66. The fraction of sp³-hybridized carbons (Fsp3) is 0.316. The summed E-state index contributed by atoms with van der Waals surface area (Å²) in [5.74, 6) is 1.09. The van der Waals surface area contributed by atoms with E-state index in [9.17, 15) is 9.90 Å². The van der Waals surface area contributed by atoms with Crippen molar-refractivity contribution in [3.8, 4) is 11.5 Å². The largest absolute Gasteiger partial charge is 0.491 e. The first-order chi connectivity index (χ1) is 12.0. The summed E-state index contributed by atoms with van der Waals surface area (Å²) in [5, 5.41) is 15.6. The minimum absolute atomic E-state index is 0.197. The lowest BCUT2D eigenvalue weighted by atomic mass is 10.3. The molecule has 0 heterocycles.